The van der Waals surface area contributed by atoms with Gasteiger partial charge in [-0.15, -0.1) is 0 Å². The van der Waals surface area contributed by atoms with Crippen molar-refractivity contribution in [3.63, 3.8) is 0 Å². The third-order valence-corrected chi connectivity index (χ3v) is 6.34. The van der Waals surface area contributed by atoms with E-state index in [1.54, 1.807) is 30.2 Å². The Morgan fingerprint density at radius 2 is 2.18 bits per heavy atom. The lowest BCUT2D eigenvalue weighted by Crippen LogP contribution is -2.54. The average molecular weight is 273 g/mol. The fourth-order valence-corrected chi connectivity index (χ4v) is 4.21. The molecule has 4 nitrogen and oxygen atoms in total. The molecule has 1 saturated heterocycles. The average Bonchev–Trinajstić information content (AvgIpc) is 2.79. The zero-order chi connectivity index (χ0) is 12.6. The molecule has 1 aromatic heterocycles. The number of hydrogen-bond donors (Lipinski definition) is 0. The number of nitrogens with zero attached hydrogens (tertiary/aromatic N) is 1. The predicted octanol–water partition coefficient (Wildman–Crippen LogP) is 1.40. The molecular weight excluding hydrogens is 258 g/mol. The van der Waals surface area contributed by atoms with Gasteiger partial charge in [0.15, 0.2) is 9.84 Å². The van der Waals surface area contributed by atoms with Gasteiger partial charge in [0.05, 0.1) is 16.6 Å². The van der Waals surface area contributed by atoms with E-state index in [1.165, 1.54) is 11.3 Å². The summed E-state index contributed by atoms with van der Waals surface area (Å²) in [6, 6.07) is 1.51. The number of thiophene rings is 1. The van der Waals surface area contributed by atoms with Gasteiger partial charge >= 0.3 is 0 Å². The van der Waals surface area contributed by atoms with Gasteiger partial charge in [-0.1, -0.05) is 0 Å². The highest BCUT2D eigenvalue weighted by Crippen LogP contribution is 2.22. The summed E-state index contributed by atoms with van der Waals surface area (Å²) in [7, 11) is -3.04. The second-order valence-electron chi connectivity index (χ2n) is 4.32. The fourth-order valence-electron chi connectivity index (χ4n) is 2.01. The van der Waals surface area contributed by atoms with Crippen LogP contribution in [0.4, 0.5) is 0 Å². The number of amides is 1. The van der Waals surface area contributed by atoms with Crippen LogP contribution in [0.2, 0.25) is 0 Å². The summed E-state index contributed by atoms with van der Waals surface area (Å²) in [5, 5.41) is 3.16. The molecule has 2 atom stereocenters. The maximum absolute atomic E-state index is 12.2. The van der Waals surface area contributed by atoms with Crippen LogP contribution in [0.15, 0.2) is 16.8 Å². The van der Waals surface area contributed by atoms with Crippen LogP contribution in [0.3, 0.4) is 0 Å². The van der Waals surface area contributed by atoms with Crippen LogP contribution in [0.1, 0.15) is 24.2 Å². The molecule has 0 saturated carbocycles. The van der Waals surface area contributed by atoms with E-state index in [-0.39, 0.29) is 17.7 Å². The summed E-state index contributed by atoms with van der Waals surface area (Å²) >= 11 is 1.47. The minimum absolute atomic E-state index is 0.0639. The van der Waals surface area contributed by atoms with E-state index in [2.05, 4.69) is 0 Å². The van der Waals surface area contributed by atoms with E-state index in [1.807, 2.05) is 5.38 Å². The molecule has 0 bridgehead atoms. The summed E-state index contributed by atoms with van der Waals surface area (Å²) in [6.07, 6.45) is 0. The molecule has 2 heterocycles. The van der Waals surface area contributed by atoms with Crippen LogP contribution in [0, 0.1) is 0 Å². The van der Waals surface area contributed by atoms with Crippen molar-refractivity contribution < 1.29 is 13.2 Å². The smallest absolute Gasteiger partial charge is 0.255 e. The third-order valence-electron chi connectivity index (χ3n) is 3.38. The van der Waals surface area contributed by atoms with Gasteiger partial charge in [-0.2, -0.15) is 11.3 Å². The lowest BCUT2D eigenvalue weighted by molar-refractivity contribution is 0.0694. The molecule has 6 heteroatoms. The summed E-state index contributed by atoms with van der Waals surface area (Å²) < 4.78 is 23.4. The van der Waals surface area contributed by atoms with E-state index < -0.39 is 15.1 Å². The van der Waals surface area contributed by atoms with E-state index in [4.69, 9.17) is 0 Å². The Bertz CT molecular complexity index is 507. The number of carbonyl (C=O) groups is 1. The van der Waals surface area contributed by atoms with Crippen molar-refractivity contribution in [2.24, 2.45) is 0 Å². The molecule has 1 fully saturated rings. The molecule has 2 rings (SSSR count). The molecule has 0 spiro atoms. The fraction of sp³-hybridized carbons (Fsp3) is 0.545. The zero-order valence-electron chi connectivity index (χ0n) is 9.79. The molecule has 0 N–H and O–H groups in total. The van der Waals surface area contributed by atoms with Gasteiger partial charge in [0, 0.05) is 18.0 Å². The van der Waals surface area contributed by atoms with E-state index >= 15 is 0 Å². The minimum atomic E-state index is -3.04. The molecule has 0 aliphatic carbocycles. The van der Waals surface area contributed by atoms with Crippen molar-refractivity contribution >= 4 is 27.1 Å². The molecular formula is C11H15NO3S2. The first-order valence-electron chi connectivity index (χ1n) is 5.48. The van der Waals surface area contributed by atoms with Crippen molar-refractivity contribution in [2.45, 2.75) is 25.1 Å². The quantitative estimate of drug-likeness (QED) is 0.777. The molecule has 0 aromatic carbocycles. The van der Waals surface area contributed by atoms with Gasteiger partial charge in [-0.25, -0.2) is 8.42 Å². The molecule has 0 radical (unpaired) electrons. The van der Waals surface area contributed by atoms with Crippen LogP contribution < -0.4 is 0 Å². The predicted molar refractivity (Wildman–Crippen MR) is 68.1 cm³/mol. The molecule has 1 aliphatic rings. The van der Waals surface area contributed by atoms with E-state index in [9.17, 15) is 13.2 Å². The first-order valence-corrected chi connectivity index (χ1v) is 8.14. The topological polar surface area (TPSA) is 54.5 Å². The second-order valence-corrected chi connectivity index (χ2v) is 7.58. The van der Waals surface area contributed by atoms with Crippen molar-refractivity contribution in [2.75, 3.05) is 12.3 Å². The Kier molecular flexibility index (Phi) is 3.27. The molecule has 17 heavy (non-hydrogen) atoms. The number of rotatable bonds is 1. The lowest BCUT2D eigenvalue weighted by Gasteiger charge is -2.37. The molecule has 1 aliphatic heterocycles. The summed E-state index contributed by atoms with van der Waals surface area (Å²) in [5.41, 5.74) is 0.647. The van der Waals surface area contributed by atoms with Crippen molar-refractivity contribution in [1.29, 1.82) is 0 Å². The van der Waals surface area contributed by atoms with Crippen molar-refractivity contribution in [3.05, 3.63) is 22.4 Å². The zero-order valence-corrected chi connectivity index (χ0v) is 11.4. The first kappa shape index (κ1) is 12.6. The Morgan fingerprint density at radius 3 is 2.76 bits per heavy atom. The van der Waals surface area contributed by atoms with Gasteiger partial charge in [-0.05, 0) is 25.3 Å². The first-order chi connectivity index (χ1) is 7.93. The van der Waals surface area contributed by atoms with Crippen molar-refractivity contribution in [1.82, 2.24) is 4.90 Å². The van der Waals surface area contributed by atoms with Crippen molar-refractivity contribution in [3.8, 4) is 0 Å². The highest BCUT2D eigenvalue weighted by Gasteiger charge is 2.38. The van der Waals surface area contributed by atoms with Gasteiger partial charge < -0.3 is 4.90 Å². The molecule has 1 aromatic rings. The lowest BCUT2D eigenvalue weighted by atomic mass is 10.1. The normalized spacial score (nSPS) is 28.0. The van der Waals surface area contributed by atoms with Gasteiger partial charge in [-0.3, -0.25) is 4.79 Å². The number of carbonyl (C=O) groups excluding carboxylic acids is 1. The number of sulfone groups is 1. The Balaban J connectivity index is 2.22. The second kappa shape index (κ2) is 4.42. The summed E-state index contributed by atoms with van der Waals surface area (Å²) in [6.45, 7) is 3.77. The van der Waals surface area contributed by atoms with Crippen LogP contribution in [0.5, 0.6) is 0 Å². The highest BCUT2D eigenvalue weighted by molar-refractivity contribution is 7.92. The molecule has 94 valence electrons. The standard InChI is InChI=1S/C11H15NO3S2/c1-8-9(2)17(14,15)6-4-12(8)11(13)10-3-5-16-7-10/h3,5,7-9H,4,6H2,1-2H3. The Hall–Kier alpha value is -0.880. The number of hydrogen-bond acceptors (Lipinski definition) is 4. The SMILES string of the molecule is CC1C(C)S(=O)(=O)CCN1C(=O)c1ccsc1. The maximum Gasteiger partial charge on any atom is 0.255 e. The third kappa shape index (κ3) is 2.24. The van der Waals surface area contributed by atoms with Crippen LogP contribution >= 0.6 is 11.3 Å². The summed E-state index contributed by atoms with van der Waals surface area (Å²) in [4.78, 5) is 13.8. The van der Waals surface area contributed by atoms with Gasteiger partial charge in [0.25, 0.3) is 5.91 Å². The maximum atomic E-state index is 12.2. The molecule has 1 amide bonds. The van der Waals surface area contributed by atoms with E-state index in [0.717, 1.165) is 0 Å². The van der Waals surface area contributed by atoms with Crippen LogP contribution in [-0.4, -0.2) is 42.8 Å². The van der Waals surface area contributed by atoms with Crippen LogP contribution in [-0.2, 0) is 9.84 Å². The monoisotopic (exact) mass is 273 g/mol. The van der Waals surface area contributed by atoms with E-state index in [0.29, 0.717) is 12.1 Å². The van der Waals surface area contributed by atoms with Gasteiger partial charge in [0.2, 0.25) is 0 Å². The van der Waals surface area contributed by atoms with Crippen LogP contribution in [0.25, 0.3) is 0 Å². The molecule has 2 unspecified atom stereocenters. The Morgan fingerprint density at radius 1 is 1.47 bits per heavy atom. The summed E-state index contributed by atoms with van der Waals surface area (Å²) in [5.74, 6) is -0.00511. The minimum Gasteiger partial charge on any atom is -0.334 e. The van der Waals surface area contributed by atoms with Gasteiger partial charge in [0.1, 0.15) is 0 Å². The largest absolute Gasteiger partial charge is 0.334 e. The highest BCUT2D eigenvalue weighted by atomic mass is 32.2. The Labute approximate surface area is 105 Å².